The highest BCUT2D eigenvalue weighted by Crippen LogP contribution is 2.27. The number of phenolic OH excluding ortho intramolecular Hbond substituents is 1. The van der Waals surface area contributed by atoms with Crippen molar-refractivity contribution in [3.63, 3.8) is 0 Å². The minimum Gasteiger partial charge on any atom is -0.508 e. The van der Waals surface area contributed by atoms with Gasteiger partial charge in [-0.05, 0) is 34.5 Å². The number of hydrogen-bond donors (Lipinski definition) is 2. The van der Waals surface area contributed by atoms with Crippen LogP contribution in [-0.2, 0) is 0 Å². The fourth-order valence-electron chi connectivity index (χ4n) is 0.677. The molecule has 0 aliphatic heterocycles. The third-order valence-corrected chi connectivity index (χ3v) is 2.00. The minimum atomic E-state index is 0.237. The second-order valence-corrected chi connectivity index (χ2v) is 3.01. The minimum absolute atomic E-state index is 0.237. The fourth-order valence-corrected chi connectivity index (χ4v) is 1.14. The molecule has 10 heavy (non-hydrogen) atoms. The summed E-state index contributed by atoms with van der Waals surface area (Å²) in [5.41, 5.74) is 6.86. The number of benzene rings is 1. The third kappa shape index (κ3) is 1.24. The molecule has 1 aromatic carbocycles. The number of aryl methyl sites for hydroxylation is 1. The first kappa shape index (κ1) is 7.41. The summed E-state index contributed by atoms with van der Waals surface area (Å²) in [5, 5.41) is 9.12. The molecule has 1 rings (SSSR count). The smallest absolute Gasteiger partial charge is 0.120 e. The van der Waals surface area contributed by atoms with E-state index in [0.29, 0.717) is 5.69 Å². The second kappa shape index (κ2) is 2.50. The van der Waals surface area contributed by atoms with Crippen LogP contribution in [0.25, 0.3) is 0 Å². The molecule has 1 aromatic rings. The maximum atomic E-state index is 9.12. The molecule has 0 spiro atoms. The van der Waals surface area contributed by atoms with Crippen LogP contribution in [0.4, 0.5) is 5.69 Å². The lowest BCUT2D eigenvalue weighted by Crippen LogP contribution is -1.86. The van der Waals surface area contributed by atoms with Crippen LogP contribution in [0.1, 0.15) is 5.56 Å². The van der Waals surface area contributed by atoms with Crippen LogP contribution in [0.2, 0.25) is 0 Å². The Balaban J connectivity index is 3.28. The maximum Gasteiger partial charge on any atom is 0.120 e. The van der Waals surface area contributed by atoms with E-state index in [4.69, 9.17) is 10.8 Å². The zero-order valence-corrected chi connectivity index (χ0v) is 7.14. The van der Waals surface area contributed by atoms with Gasteiger partial charge < -0.3 is 10.8 Å². The quantitative estimate of drug-likeness (QED) is 0.632. The number of halogens is 1. The summed E-state index contributed by atoms with van der Waals surface area (Å²) >= 11 is 3.24. The van der Waals surface area contributed by atoms with Crippen molar-refractivity contribution in [3.8, 4) is 5.75 Å². The number of anilines is 1. The molecule has 3 N–H and O–H groups in total. The van der Waals surface area contributed by atoms with Crippen LogP contribution in [0, 0.1) is 6.92 Å². The number of phenols is 1. The third-order valence-electron chi connectivity index (χ3n) is 1.32. The fraction of sp³-hybridized carbons (Fsp3) is 0.143. The molecule has 0 aliphatic rings. The Morgan fingerprint density at radius 1 is 1.50 bits per heavy atom. The zero-order chi connectivity index (χ0) is 7.72. The molecule has 0 aliphatic carbocycles. The van der Waals surface area contributed by atoms with Crippen molar-refractivity contribution in [2.75, 3.05) is 5.73 Å². The molecule has 0 radical (unpaired) electrons. The Morgan fingerprint density at radius 2 is 2.10 bits per heavy atom. The van der Waals surface area contributed by atoms with Gasteiger partial charge in [-0.25, -0.2) is 0 Å². The molecule has 0 heterocycles. The first-order valence-corrected chi connectivity index (χ1v) is 3.65. The van der Waals surface area contributed by atoms with Crippen molar-refractivity contribution >= 4 is 21.6 Å². The lowest BCUT2D eigenvalue weighted by Gasteiger charge is -2.01. The molecule has 0 saturated heterocycles. The van der Waals surface area contributed by atoms with Gasteiger partial charge in [0.05, 0.1) is 0 Å². The maximum absolute atomic E-state index is 9.12. The Morgan fingerprint density at radius 3 is 2.60 bits per heavy atom. The molecule has 0 saturated carbocycles. The van der Waals surface area contributed by atoms with Gasteiger partial charge in [-0.15, -0.1) is 0 Å². The van der Waals surface area contributed by atoms with E-state index in [1.54, 1.807) is 6.07 Å². The predicted octanol–water partition coefficient (Wildman–Crippen LogP) is 2.05. The number of nitrogen functional groups attached to an aromatic ring is 1. The van der Waals surface area contributed by atoms with Crippen LogP contribution in [0.5, 0.6) is 5.75 Å². The summed E-state index contributed by atoms with van der Waals surface area (Å²) in [6.45, 7) is 1.82. The van der Waals surface area contributed by atoms with E-state index in [9.17, 15) is 0 Å². The summed E-state index contributed by atoms with van der Waals surface area (Å²) in [6.07, 6.45) is 0. The first-order chi connectivity index (χ1) is 4.61. The summed E-state index contributed by atoms with van der Waals surface area (Å²) in [5.74, 6) is 0.237. The molecular formula is C7H8BrNO. The van der Waals surface area contributed by atoms with E-state index in [1.165, 1.54) is 6.07 Å². The monoisotopic (exact) mass is 201 g/mol. The number of aromatic hydroxyl groups is 1. The number of rotatable bonds is 0. The summed E-state index contributed by atoms with van der Waals surface area (Å²) in [6, 6.07) is 3.31. The summed E-state index contributed by atoms with van der Waals surface area (Å²) < 4.78 is 0.822. The van der Waals surface area contributed by atoms with Crippen molar-refractivity contribution < 1.29 is 5.11 Å². The van der Waals surface area contributed by atoms with Gasteiger partial charge in [0.25, 0.3) is 0 Å². The van der Waals surface area contributed by atoms with E-state index in [-0.39, 0.29) is 5.75 Å². The summed E-state index contributed by atoms with van der Waals surface area (Å²) in [7, 11) is 0. The topological polar surface area (TPSA) is 46.2 Å². The van der Waals surface area contributed by atoms with Gasteiger partial charge in [0, 0.05) is 16.2 Å². The second-order valence-electron chi connectivity index (χ2n) is 2.16. The van der Waals surface area contributed by atoms with Gasteiger partial charge in [0.1, 0.15) is 5.75 Å². The van der Waals surface area contributed by atoms with Crippen LogP contribution in [-0.4, -0.2) is 5.11 Å². The lowest BCUT2D eigenvalue weighted by molar-refractivity contribution is 0.471. The molecule has 0 unspecified atom stereocenters. The molecule has 2 nitrogen and oxygen atoms in total. The van der Waals surface area contributed by atoms with E-state index >= 15 is 0 Å². The molecular weight excluding hydrogens is 194 g/mol. The van der Waals surface area contributed by atoms with Gasteiger partial charge in [-0.1, -0.05) is 0 Å². The largest absolute Gasteiger partial charge is 0.508 e. The van der Waals surface area contributed by atoms with E-state index in [2.05, 4.69) is 15.9 Å². The normalized spacial score (nSPS) is 9.80. The van der Waals surface area contributed by atoms with Crippen molar-refractivity contribution in [2.24, 2.45) is 0 Å². The number of hydrogen-bond acceptors (Lipinski definition) is 2. The van der Waals surface area contributed by atoms with E-state index in [0.717, 1.165) is 10.0 Å². The van der Waals surface area contributed by atoms with Gasteiger partial charge in [0.15, 0.2) is 0 Å². The Bertz CT molecular complexity index is 210. The molecule has 0 atom stereocenters. The van der Waals surface area contributed by atoms with Crippen molar-refractivity contribution in [2.45, 2.75) is 6.92 Å². The van der Waals surface area contributed by atoms with Gasteiger partial charge >= 0.3 is 0 Å². The van der Waals surface area contributed by atoms with Gasteiger partial charge in [0.2, 0.25) is 0 Å². The van der Waals surface area contributed by atoms with Crippen LogP contribution in [0.3, 0.4) is 0 Å². The Labute approximate surface area is 67.8 Å². The average Bonchev–Trinajstić information content (AvgIpc) is 1.84. The van der Waals surface area contributed by atoms with Crippen LogP contribution in [0.15, 0.2) is 16.6 Å². The summed E-state index contributed by atoms with van der Waals surface area (Å²) in [4.78, 5) is 0. The SMILES string of the molecule is Cc1cc(Br)c(N)cc1O. The lowest BCUT2D eigenvalue weighted by atomic mass is 10.2. The highest BCUT2D eigenvalue weighted by Gasteiger charge is 1.99. The van der Waals surface area contributed by atoms with E-state index < -0.39 is 0 Å². The first-order valence-electron chi connectivity index (χ1n) is 2.86. The number of nitrogens with two attached hydrogens (primary N) is 1. The predicted molar refractivity (Wildman–Crippen MR) is 45.0 cm³/mol. The Kier molecular flexibility index (Phi) is 1.85. The highest BCUT2D eigenvalue weighted by atomic mass is 79.9. The van der Waals surface area contributed by atoms with Crippen molar-refractivity contribution in [1.82, 2.24) is 0 Å². The zero-order valence-electron chi connectivity index (χ0n) is 5.56. The molecule has 3 heteroatoms. The van der Waals surface area contributed by atoms with Crippen LogP contribution < -0.4 is 5.73 Å². The van der Waals surface area contributed by atoms with Gasteiger partial charge in [-0.2, -0.15) is 0 Å². The molecule has 54 valence electrons. The van der Waals surface area contributed by atoms with Crippen molar-refractivity contribution in [3.05, 3.63) is 22.2 Å². The molecule has 0 amide bonds. The van der Waals surface area contributed by atoms with Crippen LogP contribution >= 0.6 is 15.9 Å². The standard InChI is InChI=1S/C7H8BrNO/c1-4-2-5(8)6(9)3-7(4)10/h2-3,10H,9H2,1H3. The van der Waals surface area contributed by atoms with Crippen molar-refractivity contribution in [1.29, 1.82) is 0 Å². The Hall–Kier alpha value is -0.700. The molecule has 0 aromatic heterocycles. The highest BCUT2D eigenvalue weighted by molar-refractivity contribution is 9.10. The molecule has 0 bridgehead atoms. The van der Waals surface area contributed by atoms with Gasteiger partial charge in [-0.3, -0.25) is 0 Å². The molecule has 0 fully saturated rings. The average molecular weight is 202 g/mol. The van der Waals surface area contributed by atoms with E-state index in [1.807, 2.05) is 6.92 Å².